The van der Waals surface area contributed by atoms with Crippen LogP contribution in [0.25, 0.3) is 6.08 Å². The summed E-state index contributed by atoms with van der Waals surface area (Å²) in [5.74, 6) is 0. The van der Waals surface area contributed by atoms with Crippen LogP contribution in [0.5, 0.6) is 0 Å². The van der Waals surface area contributed by atoms with Gasteiger partial charge in [-0.2, -0.15) is 0 Å². The number of rotatable bonds is 8. The molecule has 132 valence electrons. The Kier molecular flexibility index (Phi) is 7.19. The highest BCUT2D eigenvalue weighted by molar-refractivity contribution is 5.67. The van der Waals surface area contributed by atoms with Crippen LogP contribution in [-0.4, -0.2) is 29.0 Å². The van der Waals surface area contributed by atoms with E-state index in [1.807, 2.05) is 36.4 Å². The second kappa shape index (κ2) is 9.61. The maximum absolute atomic E-state index is 11.6. The van der Waals surface area contributed by atoms with Gasteiger partial charge in [-0.1, -0.05) is 61.2 Å². The molecular weight excluding hydrogens is 318 g/mol. The molecule has 5 heteroatoms. The van der Waals surface area contributed by atoms with Crippen LogP contribution in [-0.2, 0) is 11.3 Å². The van der Waals surface area contributed by atoms with E-state index in [0.29, 0.717) is 5.56 Å². The van der Waals surface area contributed by atoms with Crippen molar-refractivity contribution in [2.75, 3.05) is 6.54 Å². The van der Waals surface area contributed by atoms with Crippen LogP contribution in [0.1, 0.15) is 29.2 Å². The highest BCUT2D eigenvalue weighted by Gasteiger charge is 2.18. The third-order valence-corrected chi connectivity index (χ3v) is 3.77. The lowest BCUT2D eigenvalue weighted by molar-refractivity contribution is 0.0136. The van der Waals surface area contributed by atoms with Crippen molar-refractivity contribution < 1.29 is 19.7 Å². The normalized spacial score (nSPS) is 12.9. The number of hydrogen-bond acceptors (Lipinski definition) is 4. The molecule has 0 fully saturated rings. The van der Waals surface area contributed by atoms with Gasteiger partial charge in [-0.3, -0.25) is 0 Å². The zero-order chi connectivity index (χ0) is 18.1. The van der Waals surface area contributed by atoms with Crippen molar-refractivity contribution in [2.24, 2.45) is 0 Å². The monoisotopic (exact) mass is 341 g/mol. The molecule has 0 aromatic heterocycles. The van der Waals surface area contributed by atoms with E-state index in [2.05, 4.69) is 11.9 Å². The summed E-state index contributed by atoms with van der Waals surface area (Å²) >= 11 is 0. The topological polar surface area (TPSA) is 78.8 Å². The number of aliphatic hydroxyl groups excluding tert-OH is 2. The van der Waals surface area contributed by atoms with E-state index in [0.717, 1.165) is 11.1 Å². The van der Waals surface area contributed by atoms with Crippen LogP contribution in [0.3, 0.4) is 0 Å². The highest BCUT2D eigenvalue weighted by atomic mass is 16.5. The van der Waals surface area contributed by atoms with Gasteiger partial charge in [0.05, 0.1) is 6.10 Å². The number of carbonyl (C=O) groups excluding carboxylic acids is 1. The smallest absolute Gasteiger partial charge is 0.407 e. The molecule has 0 heterocycles. The zero-order valence-electron chi connectivity index (χ0n) is 14.0. The fourth-order valence-corrected chi connectivity index (χ4v) is 2.35. The van der Waals surface area contributed by atoms with Gasteiger partial charge in [0.25, 0.3) is 0 Å². The molecule has 0 saturated heterocycles. The average molecular weight is 341 g/mol. The fraction of sp³-hybridized carbons (Fsp3) is 0.250. The predicted octanol–water partition coefficient (Wildman–Crippen LogP) is 3.04. The molecule has 0 bridgehead atoms. The number of carbonyl (C=O) groups is 1. The minimum absolute atomic E-state index is 0.187. The molecule has 0 aliphatic carbocycles. The predicted molar refractivity (Wildman–Crippen MR) is 96.7 cm³/mol. The zero-order valence-corrected chi connectivity index (χ0v) is 14.0. The second-order valence-electron chi connectivity index (χ2n) is 5.66. The van der Waals surface area contributed by atoms with Crippen LogP contribution in [0, 0.1) is 0 Å². The number of amides is 1. The van der Waals surface area contributed by atoms with Gasteiger partial charge < -0.3 is 20.3 Å². The Morgan fingerprint density at radius 2 is 1.92 bits per heavy atom. The van der Waals surface area contributed by atoms with Crippen molar-refractivity contribution in [1.82, 2.24) is 5.32 Å². The largest absolute Gasteiger partial charge is 0.445 e. The molecule has 2 atom stereocenters. The first-order valence-electron chi connectivity index (χ1n) is 8.13. The Hall–Kier alpha value is -2.63. The SMILES string of the molecule is C=Cc1cccc(C(O)C(O)CCNC(=O)OCc2ccccc2)c1. The lowest BCUT2D eigenvalue weighted by atomic mass is 10.00. The van der Waals surface area contributed by atoms with Gasteiger partial charge >= 0.3 is 6.09 Å². The van der Waals surface area contributed by atoms with Crippen molar-refractivity contribution in [1.29, 1.82) is 0 Å². The van der Waals surface area contributed by atoms with Crippen LogP contribution in [0.4, 0.5) is 4.79 Å². The molecule has 5 nitrogen and oxygen atoms in total. The quantitative estimate of drug-likeness (QED) is 0.689. The maximum Gasteiger partial charge on any atom is 0.407 e. The summed E-state index contributed by atoms with van der Waals surface area (Å²) in [6.07, 6.45) is -0.692. The number of benzene rings is 2. The summed E-state index contributed by atoms with van der Waals surface area (Å²) in [4.78, 5) is 11.6. The first kappa shape index (κ1) is 18.7. The van der Waals surface area contributed by atoms with E-state index in [1.54, 1.807) is 24.3 Å². The Bertz CT molecular complexity index is 687. The van der Waals surface area contributed by atoms with E-state index >= 15 is 0 Å². The number of aliphatic hydroxyl groups is 2. The first-order chi connectivity index (χ1) is 12.1. The lowest BCUT2D eigenvalue weighted by Gasteiger charge is -2.18. The molecule has 0 saturated carbocycles. The molecule has 2 aromatic rings. The summed E-state index contributed by atoms with van der Waals surface area (Å²) in [5.41, 5.74) is 2.37. The molecule has 1 amide bonds. The molecule has 0 radical (unpaired) electrons. The van der Waals surface area contributed by atoms with E-state index in [1.165, 1.54) is 0 Å². The second-order valence-corrected chi connectivity index (χ2v) is 5.66. The number of alkyl carbamates (subject to hydrolysis) is 1. The third-order valence-electron chi connectivity index (χ3n) is 3.77. The van der Waals surface area contributed by atoms with Crippen molar-refractivity contribution >= 4 is 12.2 Å². The Labute approximate surface area is 147 Å². The molecule has 0 aliphatic heterocycles. The standard InChI is InChI=1S/C20H23NO4/c1-2-15-9-6-10-17(13-15)19(23)18(22)11-12-21-20(24)25-14-16-7-4-3-5-8-16/h2-10,13,18-19,22-23H,1,11-12,14H2,(H,21,24). The first-order valence-corrected chi connectivity index (χ1v) is 8.13. The average Bonchev–Trinajstić information content (AvgIpc) is 2.66. The van der Waals surface area contributed by atoms with E-state index in [4.69, 9.17) is 4.74 Å². The summed E-state index contributed by atoms with van der Waals surface area (Å²) in [6.45, 7) is 4.07. The Morgan fingerprint density at radius 1 is 1.16 bits per heavy atom. The van der Waals surface area contributed by atoms with Gasteiger partial charge in [0, 0.05) is 6.54 Å². The Morgan fingerprint density at radius 3 is 2.64 bits per heavy atom. The number of nitrogens with one attached hydrogen (secondary N) is 1. The van der Waals surface area contributed by atoms with Gasteiger partial charge in [0.15, 0.2) is 0 Å². The number of hydrogen-bond donors (Lipinski definition) is 3. The van der Waals surface area contributed by atoms with E-state index in [9.17, 15) is 15.0 Å². The Balaban J connectivity index is 1.72. The minimum atomic E-state index is -1.03. The molecule has 0 spiro atoms. The molecule has 2 unspecified atom stereocenters. The van der Waals surface area contributed by atoms with Crippen molar-refractivity contribution in [3.63, 3.8) is 0 Å². The van der Waals surface area contributed by atoms with Crippen LogP contribution < -0.4 is 5.32 Å². The minimum Gasteiger partial charge on any atom is -0.445 e. The molecule has 0 aliphatic rings. The third kappa shape index (κ3) is 6.06. The van der Waals surface area contributed by atoms with Crippen LogP contribution in [0.15, 0.2) is 61.2 Å². The van der Waals surface area contributed by atoms with Gasteiger partial charge in [0.1, 0.15) is 12.7 Å². The highest BCUT2D eigenvalue weighted by Crippen LogP contribution is 2.20. The lowest BCUT2D eigenvalue weighted by Crippen LogP contribution is -2.29. The molecule has 3 N–H and O–H groups in total. The van der Waals surface area contributed by atoms with Gasteiger partial charge in [-0.25, -0.2) is 4.79 Å². The molecule has 25 heavy (non-hydrogen) atoms. The van der Waals surface area contributed by atoms with Gasteiger partial charge in [-0.05, 0) is 29.2 Å². The van der Waals surface area contributed by atoms with Gasteiger partial charge in [0.2, 0.25) is 0 Å². The fourth-order valence-electron chi connectivity index (χ4n) is 2.35. The van der Waals surface area contributed by atoms with Crippen molar-refractivity contribution in [3.05, 3.63) is 77.9 Å². The molecular formula is C20H23NO4. The van der Waals surface area contributed by atoms with Gasteiger partial charge in [-0.15, -0.1) is 0 Å². The maximum atomic E-state index is 11.6. The molecule has 2 rings (SSSR count). The summed E-state index contributed by atoms with van der Waals surface area (Å²) in [6, 6.07) is 16.5. The van der Waals surface area contributed by atoms with Crippen LogP contribution in [0.2, 0.25) is 0 Å². The van der Waals surface area contributed by atoms with E-state index in [-0.39, 0.29) is 19.6 Å². The van der Waals surface area contributed by atoms with E-state index < -0.39 is 18.3 Å². The van der Waals surface area contributed by atoms with Crippen molar-refractivity contribution in [2.45, 2.75) is 25.2 Å². The number of ether oxygens (including phenoxy) is 1. The van der Waals surface area contributed by atoms with Crippen molar-refractivity contribution in [3.8, 4) is 0 Å². The van der Waals surface area contributed by atoms with Crippen LogP contribution >= 0.6 is 0 Å². The molecule has 2 aromatic carbocycles. The summed E-state index contributed by atoms with van der Waals surface area (Å²) in [7, 11) is 0. The summed E-state index contributed by atoms with van der Waals surface area (Å²) < 4.78 is 5.08. The summed E-state index contributed by atoms with van der Waals surface area (Å²) in [5, 5.41) is 22.8.